The molecule has 0 aliphatic carbocycles. The lowest BCUT2D eigenvalue weighted by atomic mass is 10.1. The Balaban J connectivity index is 1.72. The molecule has 0 bridgehead atoms. The topological polar surface area (TPSA) is 67.4 Å². The zero-order valence-electron chi connectivity index (χ0n) is 15.4. The van der Waals surface area contributed by atoms with E-state index >= 15 is 0 Å². The molecule has 1 N–H and O–H groups in total. The van der Waals surface area contributed by atoms with Gasteiger partial charge in [0.2, 0.25) is 5.88 Å². The molecule has 0 unspecified atom stereocenters. The van der Waals surface area contributed by atoms with Crippen LogP contribution in [0.1, 0.15) is 21.5 Å². The lowest BCUT2D eigenvalue weighted by Crippen LogP contribution is -2.24. The van der Waals surface area contributed by atoms with Crippen LogP contribution in [0.3, 0.4) is 0 Å². The van der Waals surface area contributed by atoms with Gasteiger partial charge in [0.15, 0.2) is 0 Å². The van der Waals surface area contributed by atoms with E-state index in [0.29, 0.717) is 17.9 Å². The molecule has 0 aliphatic rings. The predicted molar refractivity (Wildman–Crippen MR) is 104 cm³/mol. The van der Waals surface area contributed by atoms with E-state index in [1.54, 1.807) is 42.9 Å². The van der Waals surface area contributed by atoms with Crippen LogP contribution in [0.4, 0.5) is 0 Å². The second kappa shape index (κ2) is 8.91. The zero-order chi connectivity index (χ0) is 19.1. The summed E-state index contributed by atoms with van der Waals surface area (Å²) in [6.45, 7) is 1.25. The van der Waals surface area contributed by atoms with E-state index in [1.165, 1.54) is 5.56 Å². The fourth-order valence-corrected chi connectivity index (χ4v) is 2.66. The molecule has 2 aromatic heterocycles. The molecule has 0 spiro atoms. The highest BCUT2D eigenvalue weighted by Crippen LogP contribution is 2.22. The summed E-state index contributed by atoms with van der Waals surface area (Å²) in [7, 11) is 4.04. The molecule has 1 aromatic carbocycles. The van der Waals surface area contributed by atoms with Gasteiger partial charge in [0.1, 0.15) is 11.3 Å². The number of hydrogen-bond donors (Lipinski definition) is 1. The SMILES string of the molecule is CN(C)Cc1ccccc1CNC(=O)c1cccnc1Oc1cccnc1. The minimum Gasteiger partial charge on any atom is -0.437 e. The molecule has 0 atom stereocenters. The van der Waals surface area contributed by atoms with Gasteiger partial charge in [-0.05, 0) is 49.5 Å². The number of hydrogen-bond acceptors (Lipinski definition) is 5. The van der Waals surface area contributed by atoms with E-state index in [4.69, 9.17) is 4.74 Å². The highest BCUT2D eigenvalue weighted by molar-refractivity contribution is 5.96. The van der Waals surface area contributed by atoms with Gasteiger partial charge >= 0.3 is 0 Å². The molecule has 0 aliphatic heterocycles. The zero-order valence-corrected chi connectivity index (χ0v) is 15.4. The molecule has 6 nitrogen and oxygen atoms in total. The van der Waals surface area contributed by atoms with Gasteiger partial charge in [0.05, 0.1) is 6.20 Å². The van der Waals surface area contributed by atoms with E-state index in [1.807, 2.05) is 32.3 Å². The number of nitrogens with zero attached hydrogens (tertiary/aromatic N) is 3. The molecule has 3 rings (SSSR count). The van der Waals surface area contributed by atoms with Crippen molar-refractivity contribution in [1.82, 2.24) is 20.2 Å². The van der Waals surface area contributed by atoms with Gasteiger partial charge in [0, 0.05) is 25.5 Å². The fraction of sp³-hybridized carbons (Fsp3) is 0.190. The highest BCUT2D eigenvalue weighted by Gasteiger charge is 2.15. The number of benzene rings is 1. The standard InChI is InChI=1S/C21H22N4O2/c1-25(2)15-17-8-4-3-7-16(17)13-24-20(26)19-10-6-12-23-21(19)27-18-9-5-11-22-14-18/h3-12,14H,13,15H2,1-2H3,(H,24,26). The third kappa shape index (κ3) is 5.12. The predicted octanol–water partition coefficient (Wildman–Crippen LogP) is 3.26. The molecule has 138 valence electrons. The third-order valence-corrected chi connectivity index (χ3v) is 3.91. The summed E-state index contributed by atoms with van der Waals surface area (Å²) in [6.07, 6.45) is 4.83. The maximum atomic E-state index is 12.7. The van der Waals surface area contributed by atoms with Crippen LogP contribution in [0.2, 0.25) is 0 Å². The summed E-state index contributed by atoms with van der Waals surface area (Å²) in [5, 5.41) is 2.96. The van der Waals surface area contributed by atoms with Crippen molar-refractivity contribution in [2.45, 2.75) is 13.1 Å². The monoisotopic (exact) mass is 362 g/mol. The summed E-state index contributed by atoms with van der Waals surface area (Å²) < 4.78 is 5.72. The Kier molecular flexibility index (Phi) is 6.12. The smallest absolute Gasteiger partial charge is 0.257 e. The van der Waals surface area contributed by atoms with E-state index < -0.39 is 0 Å². The number of carbonyl (C=O) groups excluding carboxylic acids is 1. The lowest BCUT2D eigenvalue weighted by molar-refractivity contribution is 0.0948. The second-order valence-corrected chi connectivity index (χ2v) is 6.34. The molecule has 6 heteroatoms. The summed E-state index contributed by atoms with van der Waals surface area (Å²) >= 11 is 0. The van der Waals surface area contributed by atoms with Crippen molar-refractivity contribution in [2.24, 2.45) is 0 Å². The van der Waals surface area contributed by atoms with Crippen LogP contribution in [0, 0.1) is 0 Å². The Morgan fingerprint density at radius 1 is 1.04 bits per heavy atom. The van der Waals surface area contributed by atoms with Gasteiger partial charge < -0.3 is 15.0 Å². The Morgan fingerprint density at radius 3 is 2.56 bits per heavy atom. The van der Waals surface area contributed by atoms with Crippen LogP contribution in [-0.4, -0.2) is 34.9 Å². The van der Waals surface area contributed by atoms with Crippen LogP contribution < -0.4 is 10.1 Å². The minimum atomic E-state index is -0.235. The lowest BCUT2D eigenvalue weighted by Gasteiger charge is -2.15. The number of carbonyl (C=O) groups is 1. The first-order valence-corrected chi connectivity index (χ1v) is 8.66. The molecule has 27 heavy (non-hydrogen) atoms. The molecule has 0 fully saturated rings. The second-order valence-electron chi connectivity index (χ2n) is 6.34. The van der Waals surface area contributed by atoms with Crippen LogP contribution in [0.5, 0.6) is 11.6 Å². The molecule has 0 saturated heterocycles. The van der Waals surface area contributed by atoms with Crippen LogP contribution in [-0.2, 0) is 13.1 Å². The van der Waals surface area contributed by atoms with Crippen LogP contribution in [0.15, 0.2) is 67.1 Å². The summed E-state index contributed by atoms with van der Waals surface area (Å²) in [4.78, 5) is 23.0. The fourth-order valence-electron chi connectivity index (χ4n) is 2.66. The van der Waals surface area contributed by atoms with Gasteiger partial charge in [-0.2, -0.15) is 0 Å². The molecule has 3 aromatic rings. The highest BCUT2D eigenvalue weighted by atomic mass is 16.5. The van der Waals surface area contributed by atoms with Crippen LogP contribution >= 0.6 is 0 Å². The minimum absolute atomic E-state index is 0.235. The number of aromatic nitrogens is 2. The van der Waals surface area contributed by atoms with E-state index in [9.17, 15) is 4.79 Å². The van der Waals surface area contributed by atoms with Crippen molar-refractivity contribution >= 4 is 5.91 Å². The summed E-state index contributed by atoms with van der Waals surface area (Å²) in [5.74, 6) is 0.549. The largest absolute Gasteiger partial charge is 0.437 e. The summed E-state index contributed by atoms with van der Waals surface area (Å²) in [5.41, 5.74) is 2.64. The number of amides is 1. The molecule has 0 saturated carbocycles. The number of ether oxygens (including phenoxy) is 1. The first-order valence-electron chi connectivity index (χ1n) is 8.66. The first kappa shape index (κ1) is 18.5. The van der Waals surface area contributed by atoms with E-state index in [-0.39, 0.29) is 11.8 Å². The molecular formula is C21H22N4O2. The van der Waals surface area contributed by atoms with Crippen molar-refractivity contribution in [2.75, 3.05) is 14.1 Å². The normalized spacial score (nSPS) is 10.6. The van der Waals surface area contributed by atoms with E-state index in [0.717, 1.165) is 12.1 Å². The third-order valence-electron chi connectivity index (χ3n) is 3.91. The first-order chi connectivity index (χ1) is 13.1. The average molecular weight is 362 g/mol. The van der Waals surface area contributed by atoms with Gasteiger partial charge in [0.25, 0.3) is 5.91 Å². The van der Waals surface area contributed by atoms with Gasteiger partial charge in [-0.15, -0.1) is 0 Å². The maximum absolute atomic E-state index is 12.7. The summed E-state index contributed by atoms with van der Waals surface area (Å²) in [6, 6.07) is 15.0. The Morgan fingerprint density at radius 2 is 1.81 bits per heavy atom. The molecule has 0 radical (unpaired) electrons. The van der Waals surface area contributed by atoms with E-state index in [2.05, 4.69) is 26.3 Å². The average Bonchev–Trinajstić information content (AvgIpc) is 2.68. The molecular weight excluding hydrogens is 340 g/mol. The number of nitrogens with one attached hydrogen (secondary N) is 1. The van der Waals surface area contributed by atoms with Crippen molar-refractivity contribution in [3.8, 4) is 11.6 Å². The van der Waals surface area contributed by atoms with Gasteiger partial charge in [-0.25, -0.2) is 4.98 Å². The Labute approximate surface area is 158 Å². The van der Waals surface area contributed by atoms with Crippen molar-refractivity contribution < 1.29 is 9.53 Å². The number of rotatable bonds is 7. The van der Waals surface area contributed by atoms with Crippen molar-refractivity contribution in [3.05, 3.63) is 83.8 Å². The Hall–Kier alpha value is -3.25. The van der Waals surface area contributed by atoms with Gasteiger partial charge in [-0.3, -0.25) is 9.78 Å². The maximum Gasteiger partial charge on any atom is 0.257 e. The quantitative estimate of drug-likeness (QED) is 0.699. The Bertz CT molecular complexity index is 897. The van der Waals surface area contributed by atoms with Crippen molar-refractivity contribution in [3.63, 3.8) is 0 Å². The van der Waals surface area contributed by atoms with Crippen LogP contribution in [0.25, 0.3) is 0 Å². The molecule has 1 amide bonds. The van der Waals surface area contributed by atoms with Crippen molar-refractivity contribution in [1.29, 1.82) is 0 Å². The molecule has 2 heterocycles. The van der Waals surface area contributed by atoms with Gasteiger partial charge in [-0.1, -0.05) is 24.3 Å². The number of pyridine rings is 2.